The molecule has 0 aliphatic carbocycles. The van der Waals surface area contributed by atoms with Gasteiger partial charge < -0.3 is 10.1 Å². The molecule has 1 aromatic carbocycles. The number of benzene rings is 1. The fourth-order valence-corrected chi connectivity index (χ4v) is 3.67. The standard InChI is InChI=1S/C19H18FN7O/c1-11-7-16(26(2)25-11)14-9-22-19(27-10-23-24-18(14)27)21-8-13-12-5-6-28-17(12)4-3-15(13)20/h3-4,7,9-10H,5-6,8H2,1-2H3,(H,21,22). The minimum atomic E-state index is -0.251. The molecule has 8 nitrogen and oxygen atoms in total. The molecule has 3 aromatic heterocycles. The molecule has 4 heterocycles. The molecule has 0 spiro atoms. The summed E-state index contributed by atoms with van der Waals surface area (Å²) in [6, 6.07) is 5.10. The highest BCUT2D eigenvalue weighted by Crippen LogP contribution is 2.31. The van der Waals surface area contributed by atoms with Crippen LogP contribution < -0.4 is 10.1 Å². The summed E-state index contributed by atoms with van der Waals surface area (Å²) >= 11 is 0. The van der Waals surface area contributed by atoms with Gasteiger partial charge in [0.05, 0.1) is 23.6 Å². The van der Waals surface area contributed by atoms with Gasteiger partial charge in [0, 0.05) is 37.3 Å². The number of hydrogen-bond donors (Lipinski definition) is 1. The summed E-state index contributed by atoms with van der Waals surface area (Å²) in [6.45, 7) is 2.81. The summed E-state index contributed by atoms with van der Waals surface area (Å²) in [5.41, 5.74) is 4.80. The predicted molar refractivity (Wildman–Crippen MR) is 101 cm³/mol. The highest BCUT2D eigenvalue weighted by molar-refractivity contribution is 5.75. The Morgan fingerprint density at radius 1 is 1.32 bits per heavy atom. The second-order valence-electron chi connectivity index (χ2n) is 6.77. The number of nitrogens with zero attached hydrogens (tertiary/aromatic N) is 6. The number of aromatic nitrogens is 6. The van der Waals surface area contributed by atoms with E-state index >= 15 is 0 Å². The summed E-state index contributed by atoms with van der Waals surface area (Å²) in [4.78, 5) is 4.52. The Bertz CT molecular complexity index is 1200. The summed E-state index contributed by atoms with van der Waals surface area (Å²) < 4.78 is 23.5. The maximum atomic E-state index is 14.4. The Hall–Kier alpha value is -3.49. The summed E-state index contributed by atoms with van der Waals surface area (Å²) in [6.07, 6.45) is 4.03. The van der Waals surface area contributed by atoms with Gasteiger partial charge in [-0.05, 0) is 25.1 Å². The molecule has 0 saturated heterocycles. The van der Waals surface area contributed by atoms with Gasteiger partial charge in [-0.15, -0.1) is 10.2 Å². The molecule has 1 aliphatic heterocycles. The lowest BCUT2D eigenvalue weighted by atomic mass is 10.0. The van der Waals surface area contributed by atoms with E-state index in [4.69, 9.17) is 4.74 Å². The van der Waals surface area contributed by atoms with E-state index in [2.05, 4.69) is 25.6 Å². The van der Waals surface area contributed by atoms with Crippen LogP contribution in [0.15, 0.2) is 30.7 Å². The summed E-state index contributed by atoms with van der Waals surface area (Å²) in [7, 11) is 1.88. The topological polar surface area (TPSA) is 82.2 Å². The third kappa shape index (κ3) is 2.58. The van der Waals surface area contributed by atoms with Gasteiger partial charge in [-0.1, -0.05) is 0 Å². The minimum absolute atomic E-state index is 0.251. The van der Waals surface area contributed by atoms with Gasteiger partial charge in [0.25, 0.3) is 0 Å². The third-order valence-electron chi connectivity index (χ3n) is 4.97. The molecule has 0 bridgehead atoms. The Kier molecular flexibility index (Phi) is 3.75. The smallest absolute Gasteiger partial charge is 0.210 e. The van der Waals surface area contributed by atoms with Gasteiger partial charge >= 0.3 is 0 Å². The zero-order valence-corrected chi connectivity index (χ0v) is 15.5. The Morgan fingerprint density at radius 3 is 3.04 bits per heavy atom. The molecule has 1 aliphatic rings. The molecule has 142 valence electrons. The minimum Gasteiger partial charge on any atom is -0.493 e. The molecule has 9 heteroatoms. The van der Waals surface area contributed by atoms with Crippen molar-refractivity contribution in [3.63, 3.8) is 0 Å². The van der Waals surface area contributed by atoms with E-state index in [0.717, 1.165) is 28.3 Å². The van der Waals surface area contributed by atoms with Crippen molar-refractivity contribution in [3.8, 4) is 17.0 Å². The summed E-state index contributed by atoms with van der Waals surface area (Å²) in [5, 5.41) is 15.9. The average Bonchev–Trinajstić information content (AvgIpc) is 3.40. The van der Waals surface area contributed by atoms with Gasteiger partial charge in [-0.2, -0.15) is 5.10 Å². The lowest BCUT2D eigenvalue weighted by Crippen LogP contribution is -2.10. The van der Waals surface area contributed by atoms with E-state index in [1.807, 2.05) is 20.0 Å². The maximum Gasteiger partial charge on any atom is 0.210 e. The van der Waals surface area contributed by atoms with E-state index in [1.165, 1.54) is 6.07 Å². The van der Waals surface area contributed by atoms with Crippen LogP contribution >= 0.6 is 0 Å². The van der Waals surface area contributed by atoms with Crippen molar-refractivity contribution in [1.82, 2.24) is 29.4 Å². The number of fused-ring (bicyclic) bond motifs is 2. The number of ether oxygens (including phenoxy) is 1. The Morgan fingerprint density at radius 2 is 2.21 bits per heavy atom. The number of rotatable bonds is 4. The van der Waals surface area contributed by atoms with Gasteiger partial charge in [0.2, 0.25) is 5.95 Å². The van der Waals surface area contributed by atoms with Crippen LogP contribution in [-0.4, -0.2) is 36.0 Å². The number of nitrogens with one attached hydrogen (secondary N) is 1. The highest BCUT2D eigenvalue weighted by atomic mass is 19.1. The normalized spacial score (nSPS) is 13.0. The summed E-state index contributed by atoms with van der Waals surface area (Å²) in [5.74, 6) is 1.04. The van der Waals surface area contributed by atoms with Crippen LogP contribution in [0.3, 0.4) is 0 Å². The molecule has 0 radical (unpaired) electrons. The van der Waals surface area contributed by atoms with Crippen LogP contribution in [0, 0.1) is 12.7 Å². The fourth-order valence-electron chi connectivity index (χ4n) is 3.67. The van der Waals surface area contributed by atoms with Gasteiger partial charge in [0.15, 0.2) is 5.65 Å². The predicted octanol–water partition coefficient (Wildman–Crippen LogP) is 2.52. The molecular formula is C19H18FN7O. The number of aryl methyl sites for hydroxylation is 2. The van der Waals surface area contributed by atoms with Crippen molar-refractivity contribution in [1.29, 1.82) is 0 Å². The third-order valence-corrected chi connectivity index (χ3v) is 4.97. The molecule has 28 heavy (non-hydrogen) atoms. The molecule has 0 atom stereocenters. The Labute approximate surface area is 160 Å². The highest BCUT2D eigenvalue weighted by Gasteiger charge is 2.20. The lowest BCUT2D eigenvalue weighted by molar-refractivity contribution is 0.356. The van der Waals surface area contributed by atoms with Gasteiger partial charge in [-0.3, -0.25) is 9.08 Å². The largest absolute Gasteiger partial charge is 0.493 e. The SMILES string of the molecule is Cc1cc(-c2cnc(NCc3c(F)ccc4c3CCO4)n3cnnc23)n(C)n1. The van der Waals surface area contributed by atoms with Crippen molar-refractivity contribution in [2.24, 2.45) is 7.05 Å². The first-order valence-electron chi connectivity index (χ1n) is 8.98. The van der Waals surface area contributed by atoms with Crippen LogP contribution in [0.25, 0.3) is 16.9 Å². The van der Waals surface area contributed by atoms with Crippen molar-refractivity contribution >= 4 is 11.6 Å². The first kappa shape index (κ1) is 16.7. The van der Waals surface area contributed by atoms with Crippen LogP contribution in [-0.2, 0) is 20.0 Å². The Balaban J connectivity index is 1.50. The quantitative estimate of drug-likeness (QED) is 0.587. The van der Waals surface area contributed by atoms with Crippen LogP contribution in [0.5, 0.6) is 5.75 Å². The van der Waals surface area contributed by atoms with Crippen molar-refractivity contribution in [2.75, 3.05) is 11.9 Å². The molecule has 5 rings (SSSR count). The van der Waals surface area contributed by atoms with E-state index < -0.39 is 0 Å². The van der Waals surface area contributed by atoms with Crippen molar-refractivity contribution in [2.45, 2.75) is 19.9 Å². The van der Waals surface area contributed by atoms with E-state index in [-0.39, 0.29) is 5.82 Å². The average molecular weight is 379 g/mol. The van der Waals surface area contributed by atoms with Crippen LogP contribution in [0.2, 0.25) is 0 Å². The molecule has 4 aromatic rings. The maximum absolute atomic E-state index is 14.4. The van der Waals surface area contributed by atoms with E-state index in [1.54, 1.807) is 27.7 Å². The molecule has 0 unspecified atom stereocenters. The fraction of sp³-hybridized carbons (Fsp3) is 0.263. The molecule has 0 amide bonds. The van der Waals surface area contributed by atoms with Crippen LogP contribution in [0.4, 0.5) is 10.3 Å². The van der Waals surface area contributed by atoms with Crippen LogP contribution in [0.1, 0.15) is 16.8 Å². The van der Waals surface area contributed by atoms with E-state index in [0.29, 0.717) is 36.7 Å². The van der Waals surface area contributed by atoms with Gasteiger partial charge in [0.1, 0.15) is 17.9 Å². The monoisotopic (exact) mass is 379 g/mol. The molecule has 0 fully saturated rings. The number of halogens is 1. The first-order valence-corrected chi connectivity index (χ1v) is 8.98. The molecular weight excluding hydrogens is 361 g/mol. The number of anilines is 1. The molecule has 1 N–H and O–H groups in total. The second-order valence-corrected chi connectivity index (χ2v) is 6.77. The van der Waals surface area contributed by atoms with Crippen molar-refractivity contribution < 1.29 is 9.13 Å². The zero-order chi connectivity index (χ0) is 19.3. The first-order chi connectivity index (χ1) is 13.6. The van der Waals surface area contributed by atoms with Gasteiger partial charge in [-0.25, -0.2) is 9.37 Å². The zero-order valence-electron chi connectivity index (χ0n) is 15.5. The molecule has 0 saturated carbocycles. The number of hydrogen-bond acceptors (Lipinski definition) is 6. The van der Waals surface area contributed by atoms with E-state index in [9.17, 15) is 4.39 Å². The lowest BCUT2D eigenvalue weighted by Gasteiger charge is -2.12. The van der Waals surface area contributed by atoms with Crippen molar-refractivity contribution in [3.05, 3.63) is 53.4 Å². The second kappa shape index (κ2) is 6.29.